The third kappa shape index (κ3) is 3.92. The molecule has 2 aromatic rings. The minimum absolute atomic E-state index is 0.0337. The molecule has 0 radical (unpaired) electrons. The van der Waals surface area contributed by atoms with Crippen LogP contribution in [0.5, 0.6) is 11.5 Å². The van der Waals surface area contributed by atoms with Crippen LogP contribution < -0.4 is 9.47 Å². The number of hydrogen-bond donors (Lipinski definition) is 0. The maximum Gasteiger partial charge on any atom is 0.316 e. The summed E-state index contributed by atoms with van der Waals surface area (Å²) < 4.78 is 17.3. The Labute approximate surface area is 170 Å². The fourth-order valence-electron chi connectivity index (χ4n) is 4.02. The summed E-state index contributed by atoms with van der Waals surface area (Å²) in [6.45, 7) is 3.09. The van der Waals surface area contributed by atoms with Crippen molar-refractivity contribution in [1.82, 2.24) is 4.90 Å². The molecule has 1 amide bonds. The quantitative estimate of drug-likeness (QED) is 0.745. The van der Waals surface area contributed by atoms with E-state index < -0.39 is 5.41 Å². The summed E-state index contributed by atoms with van der Waals surface area (Å²) in [6, 6.07) is 17.2. The first kappa shape index (κ1) is 19.3. The molecule has 4 rings (SSSR count). The monoisotopic (exact) mass is 395 g/mol. The number of rotatable bonds is 4. The number of likely N-dealkylation sites (tertiary alicyclic amines) is 1. The number of hydrogen-bond acceptors (Lipinski definition) is 5. The third-order valence-corrected chi connectivity index (χ3v) is 5.75. The average Bonchev–Trinajstić information content (AvgIpc) is 2.78. The van der Waals surface area contributed by atoms with Gasteiger partial charge in [-0.25, -0.2) is 0 Å². The number of amides is 1. The Hall–Kier alpha value is -3.02. The van der Waals surface area contributed by atoms with Crippen molar-refractivity contribution in [3.05, 3.63) is 60.2 Å². The lowest BCUT2D eigenvalue weighted by Gasteiger charge is -2.40. The van der Waals surface area contributed by atoms with E-state index in [2.05, 4.69) is 0 Å². The molecule has 1 saturated heterocycles. The molecule has 2 aliphatic heterocycles. The number of ether oxygens (including phenoxy) is 3. The maximum atomic E-state index is 13.3. The number of nitrogens with zero attached hydrogens (tertiary/aromatic N) is 1. The van der Waals surface area contributed by atoms with Crippen molar-refractivity contribution in [2.75, 3.05) is 26.3 Å². The van der Waals surface area contributed by atoms with Crippen LogP contribution in [0.2, 0.25) is 0 Å². The smallest absolute Gasteiger partial charge is 0.316 e. The predicted octanol–water partition coefficient (Wildman–Crippen LogP) is 2.95. The average molecular weight is 395 g/mol. The van der Waals surface area contributed by atoms with E-state index in [1.807, 2.05) is 54.6 Å². The Morgan fingerprint density at radius 1 is 1.03 bits per heavy atom. The molecular formula is C23H25NO5. The first-order valence-electron chi connectivity index (χ1n) is 9.95. The standard InChI is InChI=1S/C23H25NO5/c1-17(25)24-13-11-23(12-14-24,18-7-3-2-4-8-18)22(26)28-16-19-15-27-20-9-5-6-10-21(20)29-19/h2-10,19H,11-16H2,1H3/t19-/m0/s1. The zero-order valence-corrected chi connectivity index (χ0v) is 16.5. The molecule has 1 atom stereocenters. The van der Waals surface area contributed by atoms with Gasteiger partial charge < -0.3 is 19.1 Å². The zero-order chi connectivity index (χ0) is 20.3. The molecule has 2 aromatic carbocycles. The molecule has 0 spiro atoms. The van der Waals surface area contributed by atoms with Gasteiger partial charge in [-0.2, -0.15) is 0 Å². The fraction of sp³-hybridized carbons (Fsp3) is 0.391. The van der Waals surface area contributed by atoms with Gasteiger partial charge in [-0.1, -0.05) is 42.5 Å². The van der Waals surface area contributed by atoms with E-state index in [4.69, 9.17) is 14.2 Å². The molecule has 0 bridgehead atoms. The molecule has 2 aliphatic rings. The molecule has 0 aliphatic carbocycles. The van der Waals surface area contributed by atoms with Gasteiger partial charge in [-0.05, 0) is 30.5 Å². The normalized spacial score (nSPS) is 20.0. The minimum atomic E-state index is -0.749. The van der Waals surface area contributed by atoms with Gasteiger partial charge in [-0.15, -0.1) is 0 Å². The van der Waals surface area contributed by atoms with E-state index in [1.165, 1.54) is 0 Å². The highest BCUT2D eigenvalue weighted by Crippen LogP contribution is 2.37. The van der Waals surface area contributed by atoms with Crippen LogP contribution in [0.1, 0.15) is 25.3 Å². The topological polar surface area (TPSA) is 65.1 Å². The molecule has 0 aromatic heterocycles. The first-order chi connectivity index (χ1) is 14.1. The summed E-state index contributed by atoms with van der Waals surface area (Å²) in [7, 11) is 0. The molecule has 6 nitrogen and oxygen atoms in total. The molecule has 1 fully saturated rings. The number of fused-ring (bicyclic) bond motifs is 1. The van der Waals surface area contributed by atoms with E-state index in [9.17, 15) is 9.59 Å². The maximum absolute atomic E-state index is 13.3. The van der Waals surface area contributed by atoms with Crippen LogP contribution in [0.3, 0.4) is 0 Å². The van der Waals surface area contributed by atoms with Crippen molar-refractivity contribution in [2.45, 2.75) is 31.3 Å². The van der Waals surface area contributed by atoms with Crippen LogP contribution in [0.15, 0.2) is 54.6 Å². The molecule has 2 heterocycles. The van der Waals surface area contributed by atoms with Crippen molar-refractivity contribution in [3.63, 3.8) is 0 Å². The van der Waals surface area contributed by atoms with Crippen molar-refractivity contribution in [3.8, 4) is 11.5 Å². The highest BCUT2D eigenvalue weighted by molar-refractivity contribution is 5.84. The second kappa shape index (κ2) is 8.15. The molecule has 6 heteroatoms. The number of carbonyl (C=O) groups excluding carboxylic acids is 2. The fourth-order valence-corrected chi connectivity index (χ4v) is 4.02. The lowest BCUT2D eigenvalue weighted by Crippen LogP contribution is -2.50. The van der Waals surface area contributed by atoms with Crippen LogP contribution in [0, 0.1) is 0 Å². The van der Waals surface area contributed by atoms with Gasteiger partial charge in [0.05, 0.1) is 5.41 Å². The first-order valence-corrected chi connectivity index (χ1v) is 9.95. The Morgan fingerprint density at radius 2 is 1.69 bits per heavy atom. The Morgan fingerprint density at radius 3 is 2.38 bits per heavy atom. The second-order valence-corrected chi connectivity index (χ2v) is 7.55. The summed E-state index contributed by atoms with van der Waals surface area (Å²) in [5.74, 6) is 1.13. The van der Waals surface area contributed by atoms with E-state index in [0.717, 1.165) is 5.56 Å². The molecule has 0 saturated carbocycles. The van der Waals surface area contributed by atoms with Crippen molar-refractivity contribution >= 4 is 11.9 Å². The minimum Gasteiger partial charge on any atom is -0.486 e. The van der Waals surface area contributed by atoms with Gasteiger partial charge in [0.15, 0.2) is 17.6 Å². The number of carbonyl (C=O) groups is 2. The number of piperidine rings is 1. The molecule has 0 N–H and O–H groups in total. The highest BCUT2D eigenvalue weighted by Gasteiger charge is 2.45. The third-order valence-electron chi connectivity index (χ3n) is 5.75. The SMILES string of the molecule is CC(=O)N1CCC(C(=O)OC[C@@H]2COc3ccccc3O2)(c2ccccc2)CC1. The molecular weight excluding hydrogens is 370 g/mol. The number of para-hydroxylation sites is 2. The van der Waals surface area contributed by atoms with Crippen LogP contribution in [0.4, 0.5) is 0 Å². The summed E-state index contributed by atoms with van der Waals surface area (Å²) in [5, 5.41) is 0. The molecule has 29 heavy (non-hydrogen) atoms. The summed E-state index contributed by atoms with van der Waals surface area (Å²) in [4.78, 5) is 26.8. The van der Waals surface area contributed by atoms with Gasteiger partial charge in [-0.3, -0.25) is 9.59 Å². The Kier molecular flexibility index (Phi) is 5.43. The summed E-state index contributed by atoms with van der Waals surface area (Å²) in [5.41, 5.74) is 0.181. The van der Waals surface area contributed by atoms with Gasteiger partial charge in [0.2, 0.25) is 5.91 Å². The zero-order valence-electron chi connectivity index (χ0n) is 16.5. The van der Waals surface area contributed by atoms with Crippen LogP contribution in [0.25, 0.3) is 0 Å². The van der Waals surface area contributed by atoms with E-state index >= 15 is 0 Å². The van der Waals surface area contributed by atoms with Crippen LogP contribution >= 0.6 is 0 Å². The number of benzene rings is 2. The van der Waals surface area contributed by atoms with Crippen LogP contribution in [-0.2, 0) is 19.7 Å². The van der Waals surface area contributed by atoms with Gasteiger partial charge in [0.1, 0.15) is 13.2 Å². The summed E-state index contributed by atoms with van der Waals surface area (Å²) in [6.07, 6.45) is 0.736. The van der Waals surface area contributed by atoms with Gasteiger partial charge >= 0.3 is 5.97 Å². The lowest BCUT2D eigenvalue weighted by molar-refractivity contribution is -0.157. The second-order valence-electron chi connectivity index (χ2n) is 7.55. The number of esters is 1. The molecule has 152 valence electrons. The van der Waals surface area contributed by atoms with E-state index in [0.29, 0.717) is 44.0 Å². The highest BCUT2D eigenvalue weighted by atomic mass is 16.6. The van der Waals surface area contributed by atoms with Gasteiger partial charge in [0, 0.05) is 20.0 Å². The van der Waals surface area contributed by atoms with E-state index in [1.54, 1.807) is 11.8 Å². The largest absolute Gasteiger partial charge is 0.486 e. The van der Waals surface area contributed by atoms with E-state index in [-0.39, 0.29) is 24.6 Å². The van der Waals surface area contributed by atoms with Crippen molar-refractivity contribution < 1.29 is 23.8 Å². The Balaban J connectivity index is 1.46. The molecule has 0 unspecified atom stereocenters. The van der Waals surface area contributed by atoms with Crippen LogP contribution in [-0.4, -0.2) is 49.2 Å². The van der Waals surface area contributed by atoms with Crippen molar-refractivity contribution in [1.29, 1.82) is 0 Å². The lowest BCUT2D eigenvalue weighted by atomic mass is 9.72. The van der Waals surface area contributed by atoms with Crippen molar-refractivity contribution in [2.24, 2.45) is 0 Å². The predicted molar refractivity (Wildman–Crippen MR) is 107 cm³/mol. The summed E-state index contributed by atoms with van der Waals surface area (Å²) >= 11 is 0. The Bertz CT molecular complexity index is 874. The van der Waals surface area contributed by atoms with Gasteiger partial charge in [0.25, 0.3) is 0 Å².